The fourth-order valence-electron chi connectivity index (χ4n) is 6.28. The summed E-state index contributed by atoms with van der Waals surface area (Å²) in [6.07, 6.45) is 5.49. The summed E-state index contributed by atoms with van der Waals surface area (Å²) in [4.78, 5) is 0. The Bertz CT molecular complexity index is 872. The van der Waals surface area contributed by atoms with Gasteiger partial charge in [-0.05, 0) is 85.8 Å². The largest absolute Gasteiger partial charge is 0.399 e. The van der Waals surface area contributed by atoms with Gasteiger partial charge in [0.1, 0.15) is 11.3 Å². The molecule has 2 aromatic rings. The standard InChI is InChI=1S/C30H42F2N2O/c1-21(23-9-13-25(33)14-10-23)19-29(31)17-5-3-7-27(29)35-28-8-4-6-18-30(28,32)20-22(2)24-11-15-26(34)16-12-24/h9-16,21-22,27-28H,3-8,17-20,33-34H2,1-2H3. The molecule has 0 amide bonds. The van der Waals surface area contributed by atoms with Crippen LogP contribution in [0.15, 0.2) is 48.5 Å². The number of ether oxygens (including phenoxy) is 1. The van der Waals surface area contributed by atoms with Crippen LogP contribution in [0.25, 0.3) is 0 Å². The van der Waals surface area contributed by atoms with E-state index in [0.29, 0.717) is 49.9 Å². The molecule has 4 rings (SSSR count). The number of nitrogens with two attached hydrogens (primary N) is 2. The predicted molar refractivity (Wildman–Crippen MR) is 141 cm³/mol. The fraction of sp³-hybridized carbons (Fsp3) is 0.600. The van der Waals surface area contributed by atoms with E-state index >= 15 is 8.78 Å². The summed E-state index contributed by atoms with van der Waals surface area (Å²) in [5, 5.41) is 0. The lowest BCUT2D eigenvalue weighted by molar-refractivity contribution is -0.174. The molecule has 2 aliphatic rings. The van der Waals surface area contributed by atoms with E-state index < -0.39 is 23.5 Å². The van der Waals surface area contributed by atoms with Crippen molar-refractivity contribution in [2.24, 2.45) is 0 Å². The smallest absolute Gasteiger partial charge is 0.137 e. The molecule has 2 fully saturated rings. The third-order valence-corrected chi connectivity index (χ3v) is 8.40. The van der Waals surface area contributed by atoms with Gasteiger partial charge < -0.3 is 16.2 Å². The topological polar surface area (TPSA) is 61.3 Å². The highest BCUT2D eigenvalue weighted by Gasteiger charge is 2.49. The molecule has 0 spiro atoms. The Hall–Kier alpha value is -2.14. The van der Waals surface area contributed by atoms with E-state index in [-0.39, 0.29) is 11.8 Å². The van der Waals surface area contributed by atoms with Crippen molar-refractivity contribution in [1.82, 2.24) is 0 Å². The first kappa shape index (κ1) is 25.9. The second kappa shape index (κ2) is 10.9. The molecule has 6 atom stereocenters. The highest BCUT2D eigenvalue weighted by Crippen LogP contribution is 2.46. The van der Waals surface area contributed by atoms with Gasteiger partial charge in [-0.1, -0.05) is 63.8 Å². The second-order valence-corrected chi connectivity index (χ2v) is 11.2. The molecular formula is C30H42F2N2O. The van der Waals surface area contributed by atoms with E-state index in [2.05, 4.69) is 13.8 Å². The van der Waals surface area contributed by atoms with Gasteiger partial charge in [0, 0.05) is 11.4 Å². The van der Waals surface area contributed by atoms with Crippen LogP contribution in [-0.4, -0.2) is 23.5 Å². The Labute approximate surface area is 209 Å². The molecule has 5 heteroatoms. The Morgan fingerprint density at radius 1 is 0.714 bits per heavy atom. The Morgan fingerprint density at radius 2 is 1.09 bits per heavy atom. The molecule has 0 radical (unpaired) electrons. The third-order valence-electron chi connectivity index (χ3n) is 8.40. The van der Waals surface area contributed by atoms with Crippen LogP contribution in [-0.2, 0) is 4.74 Å². The maximum absolute atomic E-state index is 16.5. The lowest BCUT2D eigenvalue weighted by atomic mass is 9.74. The highest BCUT2D eigenvalue weighted by molar-refractivity contribution is 5.41. The van der Waals surface area contributed by atoms with Crippen molar-refractivity contribution in [3.05, 3.63) is 59.7 Å². The Balaban J connectivity index is 1.47. The highest BCUT2D eigenvalue weighted by atomic mass is 19.1. The van der Waals surface area contributed by atoms with Crippen molar-refractivity contribution in [3.8, 4) is 0 Å². The summed E-state index contributed by atoms with van der Waals surface area (Å²) in [5.41, 5.74) is 12.3. The number of anilines is 2. The van der Waals surface area contributed by atoms with E-state index in [1.54, 1.807) is 0 Å². The van der Waals surface area contributed by atoms with Crippen molar-refractivity contribution in [1.29, 1.82) is 0 Å². The van der Waals surface area contributed by atoms with E-state index in [0.717, 1.165) is 36.8 Å². The number of hydrogen-bond acceptors (Lipinski definition) is 3. The average Bonchev–Trinajstić information content (AvgIpc) is 2.82. The zero-order chi connectivity index (χ0) is 25.1. The molecule has 2 saturated carbocycles. The van der Waals surface area contributed by atoms with E-state index in [4.69, 9.17) is 16.2 Å². The molecular weight excluding hydrogens is 442 g/mol. The molecule has 3 nitrogen and oxygen atoms in total. The first-order valence-corrected chi connectivity index (χ1v) is 13.4. The van der Waals surface area contributed by atoms with Gasteiger partial charge in [0.05, 0.1) is 12.2 Å². The van der Waals surface area contributed by atoms with Crippen LogP contribution in [0.5, 0.6) is 0 Å². The summed E-state index contributed by atoms with van der Waals surface area (Å²) >= 11 is 0. The lowest BCUT2D eigenvalue weighted by Gasteiger charge is -2.45. The van der Waals surface area contributed by atoms with Crippen LogP contribution in [0.2, 0.25) is 0 Å². The molecule has 0 aliphatic heterocycles. The van der Waals surface area contributed by atoms with Gasteiger partial charge in [0.15, 0.2) is 0 Å². The Kier molecular flexibility index (Phi) is 8.05. The van der Waals surface area contributed by atoms with Crippen molar-refractivity contribution in [2.45, 2.75) is 113 Å². The number of hydrogen-bond donors (Lipinski definition) is 2. The molecule has 2 aliphatic carbocycles. The molecule has 0 aromatic heterocycles. The van der Waals surface area contributed by atoms with Gasteiger partial charge in [0.25, 0.3) is 0 Å². The van der Waals surface area contributed by atoms with Gasteiger partial charge in [0.2, 0.25) is 0 Å². The van der Waals surface area contributed by atoms with Crippen molar-refractivity contribution in [2.75, 3.05) is 11.5 Å². The van der Waals surface area contributed by atoms with Crippen molar-refractivity contribution in [3.63, 3.8) is 0 Å². The number of alkyl halides is 2. The number of nitrogen functional groups attached to an aromatic ring is 2. The van der Waals surface area contributed by atoms with E-state index in [1.165, 1.54) is 0 Å². The van der Waals surface area contributed by atoms with E-state index in [9.17, 15) is 0 Å². The zero-order valence-electron chi connectivity index (χ0n) is 21.3. The number of halogens is 2. The maximum atomic E-state index is 16.5. The molecule has 0 bridgehead atoms. The molecule has 4 N–H and O–H groups in total. The van der Waals surface area contributed by atoms with Gasteiger partial charge in [-0.25, -0.2) is 8.78 Å². The molecule has 2 aromatic carbocycles. The molecule has 0 saturated heterocycles. The molecule has 192 valence electrons. The third kappa shape index (κ3) is 6.17. The SMILES string of the molecule is CC(CC1(F)CCCCC1OC1CCCCC1(F)CC(C)c1ccc(N)cc1)c1ccc(N)cc1. The minimum atomic E-state index is -1.44. The fourth-order valence-corrected chi connectivity index (χ4v) is 6.28. The summed E-state index contributed by atoms with van der Waals surface area (Å²) in [6.45, 7) is 4.12. The van der Waals surface area contributed by atoms with Crippen LogP contribution in [0.3, 0.4) is 0 Å². The molecule has 35 heavy (non-hydrogen) atoms. The van der Waals surface area contributed by atoms with E-state index in [1.807, 2.05) is 48.5 Å². The van der Waals surface area contributed by atoms with Gasteiger partial charge in [-0.2, -0.15) is 0 Å². The number of rotatable bonds is 8. The molecule has 6 unspecified atom stereocenters. The normalized spacial score (nSPS) is 31.1. The molecule has 0 heterocycles. The van der Waals surface area contributed by atoms with Gasteiger partial charge in [-0.15, -0.1) is 0 Å². The summed E-state index contributed by atoms with van der Waals surface area (Å²) < 4.78 is 39.6. The minimum absolute atomic E-state index is 0.0387. The quantitative estimate of drug-likeness (QED) is 0.375. The first-order valence-electron chi connectivity index (χ1n) is 13.4. The summed E-state index contributed by atoms with van der Waals surface area (Å²) in [5.74, 6) is 0.0775. The van der Waals surface area contributed by atoms with Crippen LogP contribution < -0.4 is 11.5 Å². The summed E-state index contributed by atoms with van der Waals surface area (Å²) in [6, 6.07) is 15.4. The van der Waals surface area contributed by atoms with Crippen molar-refractivity contribution < 1.29 is 13.5 Å². The average molecular weight is 485 g/mol. The minimum Gasteiger partial charge on any atom is -0.399 e. The monoisotopic (exact) mass is 484 g/mol. The van der Waals surface area contributed by atoms with Crippen molar-refractivity contribution >= 4 is 11.4 Å². The van der Waals surface area contributed by atoms with Crippen LogP contribution in [0.1, 0.15) is 101 Å². The number of benzene rings is 2. The first-order chi connectivity index (χ1) is 16.7. The van der Waals surface area contributed by atoms with Gasteiger partial charge >= 0.3 is 0 Å². The Morgan fingerprint density at radius 3 is 1.46 bits per heavy atom. The summed E-state index contributed by atoms with van der Waals surface area (Å²) in [7, 11) is 0. The van der Waals surface area contributed by atoms with Crippen LogP contribution >= 0.6 is 0 Å². The lowest BCUT2D eigenvalue weighted by Crippen LogP contribution is -2.51. The van der Waals surface area contributed by atoms with Crippen LogP contribution in [0, 0.1) is 0 Å². The zero-order valence-corrected chi connectivity index (χ0v) is 21.3. The second-order valence-electron chi connectivity index (χ2n) is 11.2. The van der Waals surface area contributed by atoms with Crippen LogP contribution in [0.4, 0.5) is 20.2 Å². The maximum Gasteiger partial charge on any atom is 0.137 e. The van der Waals surface area contributed by atoms with Gasteiger partial charge in [-0.3, -0.25) is 0 Å². The predicted octanol–water partition coefficient (Wildman–Crippen LogP) is 7.86.